The summed E-state index contributed by atoms with van der Waals surface area (Å²) in [5, 5.41) is 8.96. The summed E-state index contributed by atoms with van der Waals surface area (Å²) >= 11 is 0. The molecule has 1 aromatic carbocycles. The molecule has 1 saturated heterocycles. The number of ether oxygens (including phenoxy) is 1. The summed E-state index contributed by atoms with van der Waals surface area (Å²) in [5.41, 5.74) is 1.28. The molecule has 24 heavy (non-hydrogen) atoms. The number of likely N-dealkylation sites (tertiary alicyclic amines) is 1. The molecular formula is C19H30N2O3. The molecule has 1 aliphatic heterocycles. The number of nitrogens with zero attached hydrogens (tertiary/aromatic N) is 2. The Bertz CT molecular complexity index is 521. The molecule has 0 spiro atoms. The van der Waals surface area contributed by atoms with Gasteiger partial charge in [-0.25, -0.2) is 0 Å². The number of rotatable bonds is 8. The van der Waals surface area contributed by atoms with Gasteiger partial charge in [-0.1, -0.05) is 19.1 Å². The number of hydrogen-bond donors (Lipinski definition) is 1. The van der Waals surface area contributed by atoms with E-state index in [1.807, 2.05) is 18.0 Å². The Balaban J connectivity index is 1.86. The van der Waals surface area contributed by atoms with Crippen LogP contribution in [-0.4, -0.2) is 60.2 Å². The van der Waals surface area contributed by atoms with E-state index in [4.69, 9.17) is 9.84 Å². The fourth-order valence-electron chi connectivity index (χ4n) is 3.29. The van der Waals surface area contributed by atoms with Gasteiger partial charge < -0.3 is 9.84 Å². The van der Waals surface area contributed by atoms with Gasteiger partial charge in [0.2, 0.25) is 0 Å². The summed E-state index contributed by atoms with van der Waals surface area (Å²) in [7, 11) is 1.92. The summed E-state index contributed by atoms with van der Waals surface area (Å²) in [4.78, 5) is 15.3. The summed E-state index contributed by atoms with van der Waals surface area (Å²) in [6.45, 7) is 6.00. The molecule has 0 amide bonds. The normalized spacial score (nSPS) is 19.2. The smallest absolute Gasteiger partial charge is 0.317 e. The Morgan fingerprint density at radius 1 is 1.38 bits per heavy atom. The molecule has 0 saturated carbocycles. The van der Waals surface area contributed by atoms with Crippen LogP contribution >= 0.6 is 0 Å². The molecule has 1 unspecified atom stereocenters. The third-order valence-electron chi connectivity index (χ3n) is 4.58. The Morgan fingerprint density at radius 2 is 2.21 bits per heavy atom. The topological polar surface area (TPSA) is 53.0 Å². The van der Waals surface area contributed by atoms with Crippen LogP contribution < -0.4 is 4.74 Å². The van der Waals surface area contributed by atoms with Gasteiger partial charge in [-0.05, 0) is 63.5 Å². The molecule has 0 radical (unpaired) electrons. The maximum atomic E-state index is 10.9. The lowest BCUT2D eigenvalue weighted by Gasteiger charge is -2.25. The molecule has 0 aliphatic carbocycles. The van der Waals surface area contributed by atoms with Gasteiger partial charge in [0.25, 0.3) is 0 Å². The zero-order chi connectivity index (χ0) is 17.4. The minimum absolute atomic E-state index is 0.126. The van der Waals surface area contributed by atoms with E-state index in [2.05, 4.69) is 30.0 Å². The van der Waals surface area contributed by atoms with E-state index in [1.165, 1.54) is 5.56 Å². The fourth-order valence-corrected chi connectivity index (χ4v) is 3.29. The summed E-state index contributed by atoms with van der Waals surface area (Å²) < 4.78 is 5.71. The third-order valence-corrected chi connectivity index (χ3v) is 4.58. The van der Waals surface area contributed by atoms with Gasteiger partial charge in [0.15, 0.2) is 0 Å². The first-order chi connectivity index (χ1) is 11.6. The highest BCUT2D eigenvalue weighted by Gasteiger charge is 2.21. The van der Waals surface area contributed by atoms with Crippen molar-refractivity contribution in [2.75, 3.05) is 33.3 Å². The molecule has 1 heterocycles. The maximum absolute atomic E-state index is 10.9. The van der Waals surface area contributed by atoms with E-state index in [-0.39, 0.29) is 6.54 Å². The van der Waals surface area contributed by atoms with Gasteiger partial charge in [0, 0.05) is 12.6 Å². The van der Waals surface area contributed by atoms with Crippen LogP contribution in [0.4, 0.5) is 0 Å². The average molecular weight is 334 g/mol. The highest BCUT2D eigenvalue weighted by Crippen LogP contribution is 2.19. The van der Waals surface area contributed by atoms with Crippen LogP contribution in [0.25, 0.3) is 0 Å². The quantitative estimate of drug-likeness (QED) is 0.792. The molecule has 1 aromatic rings. The molecule has 5 heteroatoms. The van der Waals surface area contributed by atoms with Crippen molar-refractivity contribution >= 4 is 5.97 Å². The molecule has 2 rings (SSSR count). The van der Waals surface area contributed by atoms with Crippen molar-refractivity contribution in [1.29, 1.82) is 0 Å². The summed E-state index contributed by atoms with van der Waals surface area (Å²) in [6, 6.07) is 8.72. The minimum atomic E-state index is -0.748. The van der Waals surface area contributed by atoms with E-state index in [9.17, 15) is 4.79 Å². The van der Waals surface area contributed by atoms with Crippen molar-refractivity contribution in [3.8, 4) is 5.75 Å². The van der Waals surface area contributed by atoms with Gasteiger partial charge in [0.05, 0.1) is 13.2 Å². The van der Waals surface area contributed by atoms with Crippen LogP contribution in [0.3, 0.4) is 0 Å². The number of benzene rings is 1. The van der Waals surface area contributed by atoms with Crippen LogP contribution in [-0.2, 0) is 11.3 Å². The van der Waals surface area contributed by atoms with Crippen molar-refractivity contribution in [2.24, 2.45) is 0 Å². The van der Waals surface area contributed by atoms with Crippen LogP contribution in [0.5, 0.6) is 5.75 Å². The van der Waals surface area contributed by atoms with Gasteiger partial charge in [-0.2, -0.15) is 0 Å². The maximum Gasteiger partial charge on any atom is 0.317 e. The van der Waals surface area contributed by atoms with Gasteiger partial charge in [-0.3, -0.25) is 14.6 Å². The zero-order valence-corrected chi connectivity index (χ0v) is 14.9. The Labute approximate surface area is 145 Å². The van der Waals surface area contributed by atoms with Gasteiger partial charge >= 0.3 is 5.97 Å². The molecule has 1 fully saturated rings. The van der Waals surface area contributed by atoms with Crippen molar-refractivity contribution in [1.82, 2.24) is 9.80 Å². The summed E-state index contributed by atoms with van der Waals surface area (Å²) in [5.74, 6) is 0.200. The van der Waals surface area contributed by atoms with Crippen molar-refractivity contribution < 1.29 is 14.6 Å². The molecule has 0 bridgehead atoms. The number of aliphatic carboxylic acids is 1. The Hall–Kier alpha value is -1.59. The van der Waals surface area contributed by atoms with E-state index < -0.39 is 5.97 Å². The van der Waals surface area contributed by atoms with E-state index in [0.29, 0.717) is 6.04 Å². The lowest BCUT2D eigenvalue weighted by atomic mass is 10.1. The summed E-state index contributed by atoms with van der Waals surface area (Å²) in [6.07, 6.45) is 4.22. The molecule has 1 atom stereocenters. The van der Waals surface area contributed by atoms with Crippen LogP contribution in [0.15, 0.2) is 24.3 Å². The zero-order valence-electron chi connectivity index (χ0n) is 14.9. The largest absolute Gasteiger partial charge is 0.494 e. The predicted octanol–water partition coefficient (Wildman–Crippen LogP) is 2.85. The molecule has 0 aromatic heterocycles. The molecule has 1 N–H and O–H groups in total. The first-order valence-electron chi connectivity index (χ1n) is 8.94. The number of likely N-dealkylation sites (N-methyl/N-ethyl adjacent to an activating group) is 1. The first-order valence-corrected chi connectivity index (χ1v) is 8.94. The SMILES string of the molecule is CCCOc1cccc(CN2CCCC(N(C)CC(=O)O)CC2)c1. The second-order valence-corrected chi connectivity index (χ2v) is 6.67. The van der Waals surface area contributed by atoms with Gasteiger partial charge in [-0.15, -0.1) is 0 Å². The van der Waals surface area contributed by atoms with Crippen molar-refractivity contribution in [3.05, 3.63) is 29.8 Å². The monoisotopic (exact) mass is 334 g/mol. The second-order valence-electron chi connectivity index (χ2n) is 6.67. The number of carbonyl (C=O) groups is 1. The number of hydrogen-bond acceptors (Lipinski definition) is 4. The molecule has 1 aliphatic rings. The molecular weight excluding hydrogens is 304 g/mol. The molecule has 134 valence electrons. The predicted molar refractivity (Wildman–Crippen MR) is 95.4 cm³/mol. The van der Waals surface area contributed by atoms with Crippen LogP contribution in [0.1, 0.15) is 38.2 Å². The highest BCUT2D eigenvalue weighted by molar-refractivity contribution is 5.69. The average Bonchev–Trinajstić information content (AvgIpc) is 2.78. The molecule has 5 nitrogen and oxygen atoms in total. The lowest BCUT2D eigenvalue weighted by Crippen LogP contribution is -2.36. The van der Waals surface area contributed by atoms with Crippen molar-refractivity contribution in [2.45, 2.75) is 45.2 Å². The van der Waals surface area contributed by atoms with E-state index >= 15 is 0 Å². The Kier molecular flexibility index (Phi) is 7.53. The Morgan fingerprint density at radius 3 is 2.96 bits per heavy atom. The minimum Gasteiger partial charge on any atom is -0.494 e. The fraction of sp³-hybridized carbons (Fsp3) is 0.632. The lowest BCUT2D eigenvalue weighted by molar-refractivity contribution is -0.138. The second kappa shape index (κ2) is 9.64. The number of carboxylic acids is 1. The van der Waals surface area contributed by atoms with Gasteiger partial charge in [0.1, 0.15) is 5.75 Å². The number of carboxylic acid groups (broad SMARTS) is 1. The van der Waals surface area contributed by atoms with E-state index in [0.717, 1.165) is 57.7 Å². The third kappa shape index (κ3) is 6.13. The van der Waals surface area contributed by atoms with E-state index in [1.54, 1.807) is 0 Å². The van der Waals surface area contributed by atoms with Crippen molar-refractivity contribution in [3.63, 3.8) is 0 Å². The van der Waals surface area contributed by atoms with Crippen LogP contribution in [0.2, 0.25) is 0 Å². The van der Waals surface area contributed by atoms with Crippen LogP contribution in [0, 0.1) is 0 Å². The highest BCUT2D eigenvalue weighted by atomic mass is 16.5. The standard InChI is InChI=1S/C19H30N2O3/c1-3-12-24-18-8-4-6-16(13-18)14-21-10-5-7-17(9-11-21)20(2)15-19(22)23/h4,6,8,13,17H,3,5,7,9-12,14-15H2,1-2H3,(H,22,23). The first kappa shape index (κ1) is 18.7.